The highest BCUT2D eigenvalue weighted by molar-refractivity contribution is 6.05. The number of benzene rings is 2. The zero-order chi connectivity index (χ0) is 19.0. The molecular formula is C21H18FN3O2. The van der Waals surface area contributed by atoms with Crippen LogP contribution in [-0.4, -0.2) is 10.5 Å². The molecule has 0 unspecified atom stereocenters. The highest BCUT2D eigenvalue weighted by atomic mass is 19.1. The highest BCUT2D eigenvalue weighted by Crippen LogP contribution is 2.23. The summed E-state index contributed by atoms with van der Waals surface area (Å²) in [6.45, 7) is 1.60. The van der Waals surface area contributed by atoms with Crippen molar-refractivity contribution in [2.75, 3.05) is 5.32 Å². The van der Waals surface area contributed by atoms with E-state index in [9.17, 15) is 14.0 Å². The smallest absolute Gasteiger partial charge is 0.255 e. The summed E-state index contributed by atoms with van der Waals surface area (Å²) in [4.78, 5) is 24.4. The van der Waals surface area contributed by atoms with E-state index in [-0.39, 0.29) is 11.1 Å². The number of aryl methyl sites for hydroxylation is 1. The first-order valence-corrected chi connectivity index (χ1v) is 8.61. The maximum Gasteiger partial charge on any atom is 0.255 e. The van der Waals surface area contributed by atoms with Crippen LogP contribution in [0.5, 0.6) is 0 Å². The lowest BCUT2D eigenvalue weighted by atomic mass is 10.0. The number of amides is 1. The molecule has 0 saturated carbocycles. The fourth-order valence-electron chi connectivity index (χ4n) is 3.19. The second kappa shape index (κ2) is 6.81. The number of nitrogens with one attached hydrogen (secondary N) is 2. The fraction of sp³-hybridized carbons (Fsp3) is 0.143. The van der Waals surface area contributed by atoms with Crippen LogP contribution in [0.15, 0.2) is 59.5 Å². The van der Waals surface area contributed by atoms with E-state index in [2.05, 4.69) is 10.6 Å². The van der Waals surface area contributed by atoms with Crippen molar-refractivity contribution >= 4 is 11.6 Å². The first-order valence-electron chi connectivity index (χ1n) is 8.61. The molecule has 4 rings (SSSR count). The third kappa shape index (κ3) is 3.52. The summed E-state index contributed by atoms with van der Waals surface area (Å²) in [5.74, 6) is -0.929. The Morgan fingerprint density at radius 2 is 1.85 bits per heavy atom. The number of hydrogen-bond donors (Lipinski definition) is 2. The molecular weight excluding hydrogens is 345 g/mol. The van der Waals surface area contributed by atoms with Gasteiger partial charge in [-0.1, -0.05) is 6.07 Å². The maximum absolute atomic E-state index is 14.1. The van der Waals surface area contributed by atoms with Crippen LogP contribution in [0.25, 0.3) is 11.1 Å². The Balaban J connectivity index is 1.63. The van der Waals surface area contributed by atoms with E-state index in [0.29, 0.717) is 16.8 Å². The van der Waals surface area contributed by atoms with Crippen LogP contribution in [0.3, 0.4) is 0 Å². The lowest BCUT2D eigenvalue weighted by Crippen LogP contribution is -2.14. The number of anilines is 1. The topological polar surface area (TPSA) is 63.1 Å². The summed E-state index contributed by atoms with van der Waals surface area (Å²) in [6, 6.07) is 13.0. The van der Waals surface area contributed by atoms with Gasteiger partial charge in [0.05, 0.1) is 0 Å². The van der Waals surface area contributed by atoms with Gasteiger partial charge in [-0.15, -0.1) is 0 Å². The molecule has 1 aliphatic rings. The number of carbonyl (C=O) groups excluding carboxylic acids is 1. The molecule has 0 atom stereocenters. The van der Waals surface area contributed by atoms with E-state index in [4.69, 9.17) is 0 Å². The Bertz CT molecular complexity index is 1100. The van der Waals surface area contributed by atoms with Gasteiger partial charge in [-0.3, -0.25) is 9.59 Å². The quantitative estimate of drug-likeness (QED) is 0.752. The van der Waals surface area contributed by atoms with Crippen LogP contribution in [-0.2, 0) is 20.1 Å². The van der Waals surface area contributed by atoms with Gasteiger partial charge < -0.3 is 15.2 Å². The molecule has 0 fully saturated rings. The lowest BCUT2D eigenvalue weighted by Gasteiger charge is -2.09. The monoisotopic (exact) mass is 363 g/mol. The van der Waals surface area contributed by atoms with Gasteiger partial charge in [0.2, 0.25) is 0 Å². The van der Waals surface area contributed by atoms with Crippen molar-refractivity contribution in [3.8, 4) is 11.1 Å². The molecule has 27 heavy (non-hydrogen) atoms. The molecule has 0 bridgehead atoms. The molecule has 0 aliphatic carbocycles. The number of rotatable bonds is 3. The van der Waals surface area contributed by atoms with E-state index in [1.54, 1.807) is 25.4 Å². The van der Waals surface area contributed by atoms with Crippen molar-refractivity contribution < 1.29 is 9.18 Å². The summed E-state index contributed by atoms with van der Waals surface area (Å²) >= 11 is 0. The van der Waals surface area contributed by atoms with E-state index in [1.807, 2.05) is 18.2 Å². The third-order valence-corrected chi connectivity index (χ3v) is 4.69. The molecule has 5 nitrogen and oxygen atoms in total. The number of carbonyl (C=O) groups is 1. The molecule has 2 aromatic carbocycles. The minimum Gasteiger partial charge on any atom is -0.322 e. The summed E-state index contributed by atoms with van der Waals surface area (Å²) in [5, 5.41) is 6.07. The minimum absolute atomic E-state index is 0.198. The number of pyridine rings is 1. The summed E-state index contributed by atoms with van der Waals surface area (Å²) < 4.78 is 15.5. The molecule has 1 amide bonds. The zero-order valence-electron chi connectivity index (χ0n) is 14.8. The normalized spacial score (nSPS) is 12.7. The Hall–Kier alpha value is -3.25. The maximum atomic E-state index is 14.1. The molecule has 6 heteroatoms. The van der Waals surface area contributed by atoms with Gasteiger partial charge in [-0.25, -0.2) is 4.39 Å². The largest absolute Gasteiger partial charge is 0.322 e. The number of nitrogens with zero attached hydrogens (tertiary/aromatic N) is 1. The van der Waals surface area contributed by atoms with E-state index < -0.39 is 11.7 Å². The number of fused-ring (bicyclic) bond motifs is 1. The molecule has 3 aromatic rings. The summed E-state index contributed by atoms with van der Waals surface area (Å²) in [5.41, 5.74) is 4.08. The van der Waals surface area contributed by atoms with Crippen molar-refractivity contribution in [2.24, 2.45) is 7.05 Å². The van der Waals surface area contributed by atoms with Crippen LogP contribution in [0, 0.1) is 5.82 Å². The van der Waals surface area contributed by atoms with Crippen molar-refractivity contribution in [3.05, 3.63) is 87.6 Å². The highest BCUT2D eigenvalue weighted by Gasteiger charge is 2.14. The van der Waals surface area contributed by atoms with Crippen LogP contribution in [0.1, 0.15) is 21.5 Å². The average molecular weight is 363 g/mol. The molecule has 0 saturated heterocycles. The molecule has 0 radical (unpaired) electrons. The molecule has 1 aromatic heterocycles. The molecule has 0 spiro atoms. The average Bonchev–Trinajstić information content (AvgIpc) is 3.11. The van der Waals surface area contributed by atoms with E-state index in [0.717, 1.165) is 18.7 Å². The minimum atomic E-state index is -0.531. The Labute approximate surface area is 155 Å². The Morgan fingerprint density at radius 1 is 1.04 bits per heavy atom. The van der Waals surface area contributed by atoms with Crippen LogP contribution < -0.4 is 16.2 Å². The molecule has 1 aliphatic heterocycles. The molecule has 136 valence electrons. The number of hydrogen-bond acceptors (Lipinski definition) is 3. The van der Waals surface area contributed by atoms with Crippen molar-refractivity contribution in [1.29, 1.82) is 0 Å². The summed E-state index contributed by atoms with van der Waals surface area (Å²) in [6.07, 6.45) is 1.61. The number of aromatic nitrogens is 1. The predicted octanol–water partition coefficient (Wildman–Crippen LogP) is 3.05. The van der Waals surface area contributed by atoms with Gasteiger partial charge in [0, 0.05) is 43.7 Å². The van der Waals surface area contributed by atoms with Gasteiger partial charge in [-0.05, 0) is 58.7 Å². The predicted molar refractivity (Wildman–Crippen MR) is 102 cm³/mol. The first kappa shape index (κ1) is 17.2. The second-order valence-electron chi connectivity index (χ2n) is 6.63. The first-order chi connectivity index (χ1) is 13.0. The number of halogens is 1. The third-order valence-electron chi connectivity index (χ3n) is 4.69. The van der Waals surface area contributed by atoms with Gasteiger partial charge >= 0.3 is 0 Å². The van der Waals surface area contributed by atoms with Crippen LogP contribution >= 0.6 is 0 Å². The van der Waals surface area contributed by atoms with E-state index in [1.165, 1.54) is 28.3 Å². The lowest BCUT2D eigenvalue weighted by molar-refractivity contribution is 0.102. The summed E-state index contributed by atoms with van der Waals surface area (Å²) in [7, 11) is 1.64. The van der Waals surface area contributed by atoms with Gasteiger partial charge in [0.1, 0.15) is 5.82 Å². The Morgan fingerprint density at radius 3 is 2.67 bits per heavy atom. The van der Waals surface area contributed by atoms with Crippen LogP contribution in [0.4, 0.5) is 10.1 Å². The van der Waals surface area contributed by atoms with Gasteiger partial charge in [0.25, 0.3) is 11.5 Å². The fourth-order valence-corrected chi connectivity index (χ4v) is 3.19. The zero-order valence-corrected chi connectivity index (χ0v) is 14.8. The molecule has 2 heterocycles. The SMILES string of the molecule is Cn1ccc(-c2cc(F)cc(C(=O)Nc3ccc4c(c3)CNC4)c2)cc1=O. The van der Waals surface area contributed by atoms with Crippen molar-refractivity contribution in [3.63, 3.8) is 0 Å². The Kier molecular flexibility index (Phi) is 4.33. The van der Waals surface area contributed by atoms with Crippen LogP contribution in [0.2, 0.25) is 0 Å². The van der Waals surface area contributed by atoms with Gasteiger partial charge in [0.15, 0.2) is 0 Å². The second-order valence-corrected chi connectivity index (χ2v) is 6.63. The van der Waals surface area contributed by atoms with Crippen molar-refractivity contribution in [2.45, 2.75) is 13.1 Å². The standard InChI is InChI=1S/C21H18FN3O2/c1-25-5-4-13(10-20(25)26)15-6-16(8-18(22)7-15)21(27)24-19-3-2-14-11-23-12-17(14)9-19/h2-10,23H,11-12H2,1H3,(H,24,27). The van der Waals surface area contributed by atoms with Gasteiger partial charge in [-0.2, -0.15) is 0 Å². The molecule has 2 N–H and O–H groups in total. The van der Waals surface area contributed by atoms with E-state index >= 15 is 0 Å². The van der Waals surface area contributed by atoms with Crippen molar-refractivity contribution in [1.82, 2.24) is 9.88 Å².